The van der Waals surface area contributed by atoms with Crippen LogP contribution in [0.3, 0.4) is 0 Å². The summed E-state index contributed by atoms with van der Waals surface area (Å²) in [6.07, 6.45) is 7.83. The molecule has 1 atom stereocenters. The van der Waals surface area contributed by atoms with Gasteiger partial charge in [-0.2, -0.15) is 0 Å². The lowest BCUT2D eigenvalue weighted by molar-refractivity contribution is 0.319. The van der Waals surface area contributed by atoms with Gasteiger partial charge in [-0.3, -0.25) is 0 Å². The van der Waals surface area contributed by atoms with E-state index in [1.54, 1.807) is 0 Å². The molecular formula is C14H19BrClN. The Hall–Kier alpha value is -0.0500. The fraction of sp³-hybridized carbons (Fsp3) is 0.571. The van der Waals surface area contributed by atoms with E-state index in [1.165, 1.54) is 32.1 Å². The van der Waals surface area contributed by atoms with Gasteiger partial charge in [0.2, 0.25) is 0 Å². The molecule has 1 aliphatic carbocycles. The maximum absolute atomic E-state index is 6.31. The minimum absolute atomic E-state index is 0.0566. The van der Waals surface area contributed by atoms with Crippen LogP contribution in [0.1, 0.15) is 50.1 Å². The Kier molecular flexibility index (Phi) is 4.89. The van der Waals surface area contributed by atoms with E-state index in [1.807, 2.05) is 18.2 Å². The number of nitrogens with two attached hydrogens (primary N) is 1. The Bertz CT molecular complexity index is 354. The molecule has 0 aromatic heterocycles. The monoisotopic (exact) mass is 315 g/mol. The molecule has 0 radical (unpaired) electrons. The number of benzene rings is 1. The Morgan fingerprint density at radius 3 is 2.65 bits per heavy atom. The summed E-state index contributed by atoms with van der Waals surface area (Å²) in [6.45, 7) is 0. The second-order valence-electron chi connectivity index (χ2n) is 4.98. The van der Waals surface area contributed by atoms with Crippen LogP contribution in [0.4, 0.5) is 0 Å². The minimum atomic E-state index is 0.0566. The molecular weight excluding hydrogens is 298 g/mol. The van der Waals surface area contributed by atoms with Crippen molar-refractivity contribution in [2.24, 2.45) is 11.7 Å². The first kappa shape index (κ1) is 13.4. The third-order valence-electron chi connectivity index (χ3n) is 3.68. The third kappa shape index (κ3) is 3.46. The molecule has 1 saturated carbocycles. The highest BCUT2D eigenvalue weighted by Gasteiger charge is 2.20. The number of rotatable bonds is 3. The minimum Gasteiger partial charge on any atom is -0.324 e. The van der Waals surface area contributed by atoms with Crippen molar-refractivity contribution in [3.05, 3.63) is 33.3 Å². The second-order valence-corrected chi connectivity index (χ2v) is 6.24. The second kappa shape index (κ2) is 6.21. The predicted molar refractivity (Wildman–Crippen MR) is 77.3 cm³/mol. The summed E-state index contributed by atoms with van der Waals surface area (Å²) in [5.74, 6) is 0.780. The van der Waals surface area contributed by atoms with E-state index in [4.69, 9.17) is 17.3 Å². The van der Waals surface area contributed by atoms with Crippen molar-refractivity contribution >= 4 is 27.5 Å². The smallest absolute Gasteiger partial charge is 0.0465 e. The van der Waals surface area contributed by atoms with Gasteiger partial charge in [0.15, 0.2) is 0 Å². The van der Waals surface area contributed by atoms with Gasteiger partial charge in [0.25, 0.3) is 0 Å². The summed E-state index contributed by atoms with van der Waals surface area (Å²) in [5.41, 5.74) is 7.38. The van der Waals surface area contributed by atoms with Crippen LogP contribution in [0.25, 0.3) is 0 Å². The standard InChI is InChI=1S/C14H19BrClN/c15-11-7-4-8-12(16)14(11)13(17)9-10-5-2-1-3-6-10/h4,7-8,10,13H,1-3,5-6,9,17H2. The van der Waals surface area contributed by atoms with Crippen molar-refractivity contribution in [1.29, 1.82) is 0 Å². The molecule has 2 N–H and O–H groups in total. The highest BCUT2D eigenvalue weighted by molar-refractivity contribution is 9.10. The number of hydrogen-bond donors (Lipinski definition) is 1. The van der Waals surface area contributed by atoms with E-state index in [-0.39, 0.29) is 6.04 Å². The quantitative estimate of drug-likeness (QED) is 0.827. The van der Waals surface area contributed by atoms with Crippen LogP contribution in [0.5, 0.6) is 0 Å². The van der Waals surface area contributed by atoms with Gasteiger partial charge in [0, 0.05) is 21.1 Å². The van der Waals surface area contributed by atoms with E-state index in [0.717, 1.165) is 27.4 Å². The first-order valence-corrected chi connectivity index (χ1v) is 7.55. The Labute approximate surface area is 117 Å². The van der Waals surface area contributed by atoms with Gasteiger partial charge in [0.05, 0.1) is 0 Å². The Morgan fingerprint density at radius 2 is 2.00 bits per heavy atom. The van der Waals surface area contributed by atoms with Crippen molar-refractivity contribution in [3.8, 4) is 0 Å². The zero-order valence-electron chi connectivity index (χ0n) is 9.96. The van der Waals surface area contributed by atoms with Crippen molar-refractivity contribution in [2.45, 2.75) is 44.6 Å². The molecule has 0 saturated heterocycles. The Balaban J connectivity index is 2.05. The maximum atomic E-state index is 6.31. The zero-order valence-corrected chi connectivity index (χ0v) is 12.3. The molecule has 17 heavy (non-hydrogen) atoms. The van der Waals surface area contributed by atoms with Gasteiger partial charge in [0.1, 0.15) is 0 Å². The molecule has 94 valence electrons. The van der Waals surface area contributed by atoms with Gasteiger partial charge in [-0.15, -0.1) is 0 Å². The van der Waals surface area contributed by atoms with Crippen LogP contribution in [-0.4, -0.2) is 0 Å². The average molecular weight is 317 g/mol. The molecule has 1 aliphatic rings. The van der Waals surface area contributed by atoms with Crippen molar-refractivity contribution in [2.75, 3.05) is 0 Å². The fourth-order valence-corrected chi connectivity index (χ4v) is 3.85. The van der Waals surface area contributed by atoms with Gasteiger partial charge in [-0.1, -0.05) is 65.7 Å². The first-order valence-electron chi connectivity index (χ1n) is 6.38. The van der Waals surface area contributed by atoms with Gasteiger partial charge in [-0.25, -0.2) is 0 Å². The molecule has 1 unspecified atom stereocenters. The molecule has 0 aliphatic heterocycles. The third-order valence-corrected chi connectivity index (χ3v) is 4.70. The largest absolute Gasteiger partial charge is 0.324 e. The van der Waals surface area contributed by atoms with Crippen molar-refractivity contribution in [3.63, 3.8) is 0 Å². The summed E-state index contributed by atoms with van der Waals surface area (Å²) in [7, 11) is 0. The normalized spacial score (nSPS) is 19.2. The van der Waals surface area contributed by atoms with Crippen LogP contribution in [-0.2, 0) is 0 Å². The van der Waals surface area contributed by atoms with Crippen LogP contribution in [0.2, 0.25) is 5.02 Å². The van der Waals surface area contributed by atoms with Gasteiger partial charge in [-0.05, 0) is 24.5 Å². The molecule has 0 amide bonds. The van der Waals surface area contributed by atoms with E-state index >= 15 is 0 Å². The lowest BCUT2D eigenvalue weighted by Crippen LogP contribution is -2.18. The van der Waals surface area contributed by atoms with E-state index in [0.29, 0.717) is 0 Å². The van der Waals surface area contributed by atoms with E-state index in [2.05, 4.69) is 15.9 Å². The highest BCUT2D eigenvalue weighted by Crippen LogP contribution is 2.36. The van der Waals surface area contributed by atoms with E-state index in [9.17, 15) is 0 Å². The van der Waals surface area contributed by atoms with Crippen LogP contribution >= 0.6 is 27.5 Å². The van der Waals surface area contributed by atoms with Crippen LogP contribution < -0.4 is 5.73 Å². The predicted octanol–water partition coefficient (Wildman–Crippen LogP) is 5.07. The summed E-state index contributed by atoms with van der Waals surface area (Å²) in [5, 5.41) is 0.780. The van der Waals surface area contributed by atoms with Crippen LogP contribution in [0.15, 0.2) is 22.7 Å². The summed E-state index contributed by atoms with van der Waals surface area (Å²) in [6, 6.07) is 5.94. The zero-order chi connectivity index (χ0) is 12.3. The fourth-order valence-electron chi connectivity index (χ4n) is 2.76. The van der Waals surface area contributed by atoms with E-state index < -0.39 is 0 Å². The molecule has 1 nitrogen and oxygen atoms in total. The summed E-state index contributed by atoms with van der Waals surface area (Å²) in [4.78, 5) is 0. The number of hydrogen-bond acceptors (Lipinski definition) is 1. The highest BCUT2D eigenvalue weighted by atomic mass is 79.9. The maximum Gasteiger partial charge on any atom is 0.0465 e. The topological polar surface area (TPSA) is 26.0 Å². The van der Waals surface area contributed by atoms with Crippen LogP contribution in [0, 0.1) is 5.92 Å². The molecule has 1 aromatic rings. The Morgan fingerprint density at radius 1 is 1.29 bits per heavy atom. The SMILES string of the molecule is NC(CC1CCCCC1)c1c(Cl)cccc1Br. The van der Waals surface area contributed by atoms with Crippen molar-refractivity contribution in [1.82, 2.24) is 0 Å². The van der Waals surface area contributed by atoms with Gasteiger partial charge < -0.3 is 5.73 Å². The molecule has 1 fully saturated rings. The summed E-state index contributed by atoms with van der Waals surface area (Å²) >= 11 is 9.78. The lowest BCUT2D eigenvalue weighted by atomic mass is 9.83. The molecule has 3 heteroatoms. The van der Waals surface area contributed by atoms with Gasteiger partial charge >= 0.3 is 0 Å². The molecule has 1 aromatic carbocycles. The van der Waals surface area contributed by atoms with Crippen molar-refractivity contribution < 1.29 is 0 Å². The summed E-state index contributed by atoms with van der Waals surface area (Å²) < 4.78 is 1.04. The first-order chi connectivity index (χ1) is 8.18. The number of halogens is 2. The lowest BCUT2D eigenvalue weighted by Gasteiger charge is -2.25. The average Bonchev–Trinajstić information content (AvgIpc) is 2.30. The molecule has 0 bridgehead atoms. The molecule has 2 rings (SSSR count). The molecule has 0 spiro atoms. The molecule has 0 heterocycles.